The molecule has 0 rings (SSSR count). The minimum absolute atomic E-state index is 0.133. The van der Waals surface area contributed by atoms with Gasteiger partial charge in [-0.15, -0.1) is 0 Å². The van der Waals surface area contributed by atoms with E-state index < -0.39 is 40.5 Å². The van der Waals surface area contributed by atoms with Crippen LogP contribution in [0.1, 0.15) is 59.8 Å². The Bertz CT molecular complexity index is 438. The maximum absolute atomic E-state index is 11.6. The van der Waals surface area contributed by atoms with E-state index in [1.54, 1.807) is 0 Å². The molecule has 0 fully saturated rings. The third kappa shape index (κ3) is 6.16. The zero-order valence-electron chi connectivity index (χ0n) is 15.6. The number of unbranched alkanes of at least 4 members (excludes halogenated alkanes) is 3. The van der Waals surface area contributed by atoms with Gasteiger partial charge in [0.1, 0.15) is 6.04 Å². The first-order chi connectivity index (χ1) is 11.6. The quantitative estimate of drug-likeness (QED) is 0.293. The lowest BCUT2D eigenvalue weighted by atomic mass is 10.0. The molecule has 0 radical (unpaired) electrons. The fourth-order valence-corrected chi connectivity index (χ4v) is 3.24. The van der Waals surface area contributed by atoms with E-state index in [9.17, 15) is 29.7 Å². The molecule has 0 saturated carbocycles. The summed E-state index contributed by atoms with van der Waals surface area (Å²) < 4.78 is -0.574. The van der Waals surface area contributed by atoms with Crippen LogP contribution >= 0.6 is 0 Å². The molecule has 0 bridgehead atoms. The van der Waals surface area contributed by atoms with Crippen molar-refractivity contribution in [2.75, 3.05) is 6.54 Å². The fourth-order valence-electron chi connectivity index (χ4n) is 3.24. The van der Waals surface area contributed by atoms with Crippen LogP contribution in [0.3, 0.4) is 0 Å². The number of carbonyl (C=O) groups is 3. The van der Waals surface area contributed by atoms with Crippen molar-refractivity contribution >= 4 is 17.9 Å². The van der Waals surface area contributed by atoms with Crippen LogP contribution in [-0.4, -0.2) is 57.3 Å². The van der Waals surface area contributed by atoms with Gasteiger partial charge in [0.05, 0.1) is 12.5 Å². The van der Waals surface area contributed by atoms with E-state index >= 15 is 0 Å². The summed E-state index contributed by atoms with van der Waals surface area (Å²) in [6, 6.07) is -3.60. The molecule has 0 aliphatic rings. The zero-order valence-corrected chi connectivity index (χ0v) is 15.6. The molecular weight excluding hydrogens is 326 g/mol. The van der Waals surface area contributed by atoms with E-state index in [2.05, 4.69) is 6.92 Å². The van der Waals surface area contributed by atoms with Gasteiger partial charge in [-0.1, -0.05) is 31.9 Å². The summed E-state index contributed by atoms with van der Waals surface area (Å²) in [5.74, 6) is -3.89. The predicted molar refractivity (Wildman–Crippen MR) is 91.7 cm³/mol. The van der Waals surface area contributed by atoms with E-state index in [-0.39, 0.29) is 6.54 Å². The first-order valence-electron chi connectivity index (χ1n) is 8.81. The molecule has 0 heterocycles. The van der Waals surface area contributed by atoms with Crippen LogP contribution in [0.4, 0.5) is 0 Å². The van der Waals surface area contributed by atoms with E-state index in [1.807, 2.05) is 12.2 Å². The second-order valence-corrected chi connectivity index (χ2v) is 6.50. The highest BCUT2D eigenvalue weighted by molar-refractivity contribution is 5.76. The molecule has 2 N–H and O–H groups in total. The highest BCUT2D eigenvalue weighted by Crippen LogP contribution is 2.27. The molecule has 144 valence electrons. The van der Waals surface area contributed by atoms with Gasteiger partial charge in [0.15, 0.2) is 12.1 Å². The van der Waals surface area contributed by atoms with Crippen LogP contribution in [0.15, 0.2) is 12.2 Å². The summed E-state index contributed by atoms with van der Waals surface area (Å²) in [6.45, 7) is 6.28. The minimum atomic E-state index is -1.44. The summed E-state index contributed by atoms with van der Waals surface area (Å²) in [7, 11) is 0. The normalized spacial score (nSPS) is 17.6. The molecule has 0 aromatic carbocycles. The molecule has 0 amide bonds. The van der Waals surface area contributed by atoms with Gasteiger partial charge >= 0.3 is 11.9 Å². The van der Waals surface area contributed by atoms with Crippen molar-refractivity contribution < 1.29 is 34.2 Å². The van der Waals surface area contributed by atoms with Crippen LogP contribution in [0.25, 0.3) is 0 Å². The number of hydrogen-bond acceptors (Lipinski definition) is 4. The molecule has 25 heavy (non-hydrogen) atoms. The highest BCUT2D eigenvalue weighted by Gasteiger charge is 2.50. The van der Waals surface area contributed by atoms with Crippen molar-refractivity contribution in [3.8, 4) is 0 Å². The molecule has 0 aliphatic carbocycles. The van der Waals surface area contributed by atoms with E-state index in [1.165, 1.54) is 20.8 Å². The Balaban J connectivity index is 5.47. The number of hydrogen-bond donors (Lipinski definition) is 2. The van der Waals surface area contributed by atoms with Crippen molar-refractivity contribution in [2.24, 2.45) is 0 Å². The van der Waals surface area contributed by atoms with Gasteiger partial charge in [-0.3, -0.25) is 4.48 Å². The van der Waals surface area contributed by atoms with Gasteiger partial charge in [-0.2, -0.15) is 0 Å². The van der Waals surface area contributed by atoms with Crippen molar-refractivity contribution in [1.29, 1.82) is 0 Å². The molecule has 7 heteroatoms. The lowest BCUT2D eigenvalue weighted by Gasteiger charge is -2.49. The number of nitrogens with zero attached hydrogens (tertiary/aromatic N) is 1. The van der Waals surface area contributed by atoms with Crippen LogP contribution in [0, 0.1) is 0 Å². The first-order valence-corrected chi connectivity index (χ1v) is 8.81. The van der Waals surface area contributed by atoms with Gasteiger partial charge in [-0.05, 0) is 33.6 Å². The van der Waals surface area contributed by atoms with E-state index in [4.69, 9.17) is 0 Å². The first kappa shape index (κ1) is 23.1. The Morgan fingerprint density at radius 2 is 1.36 bits per heavy atom. The van der Waals surface area contributed by atoms with Gasteiger partial charge < -0.3 is 20.1 Å². The third-order valence-corrected chi connectivity index (χ3v) is 5.03. The Kier molecular flexibility index (Phi) is 10.0. The number of carboxylic acids is 3. The Morgan fingerprint density at radius 1 is 0.920 bits per heavy atom. The summed E-state index contributed by atoms with van der Waals surface area (Å²) in [5.41, 5.74) is 0. The van der Waals surface area contributed by atoms with Crippen molar-refractivity contribution in [2.45, 2.75) is 77.9 Å². The lowest BCUT2D eigenvalue weighted by molar-refractivity contribution is -0.969. The topological polar surface area (TPSA) is 115 Å². The molecule has 0 aliphatic heterocycles. The largest absolute Gasteiger partial charge is 0.544 e. The Morgan fingerprint density at radius 3 is 1.72 bits per heavy atom. The number of allylic oxidation sites excluding steroid dienone is 2. The van der Waals surface area contributed by atoms with Crippen molar-refractivity contribution in [3.05, 3.63) is 12.2 Å². The number of aliphatic carboxylic acids is 3. The van der Waals surface area contributed by atoms with Crippen LogP contribution in [-0.2, 0) is 14.4 Å². The molecule has 0 spiro atoms. The monoisotopic (exact) mass is 357 g/mol. The summed E-state index contributed by atoms with van der Waals surface area (Å²) in [4.78, 5) is 34.6. The molecule has 0 aromatic rings. The molecule has 7 nitrogen and oxygen atoms in total. The highest BCUT2D eigenvalue weighted by atomic mass is 16.4. The predicted octanol–water partition coefficient (Wildman–Crippen LogP) is 1.41. The summed E-state index contributed by atoms with van der Waals surface area (Å²) >= 11 is 0. The van der Waals surface area contributed by atoms with Gasteiger partial charge in [0, 0.05) is 6.42 Å². The molecule has 0 saturated heterocycles. The second-order valence-electron chi connectivity index (χ2n) is 6.50. The van der Waals surface area contributed by atoms with Crippen LogP contribution in [0.5, 0.6) is 0 Å². The Hall–Kier alpha value is -1.89. The average molecular weight is 357 g/mol. The van der Waals surface area contributed by atoms with Gasteiger partial charge in [0.2, 0.25) is 0 Å². The fraction of sp³-hybridized carbons (Fsp3) is 0.722. The number of rotatable bonds is 13. The lowest BCUT2D eigenvalue weighted by Crippen LogP contribution is -2.71. The van der Waals surface area contributed by atoms with Crippen LogP contribution in [0.2, 0.25) is 0 Å². The molecular formula is C18H31NO6. The number of carboxylic acid groups (broad SMARTS) is 3. The molecule has 3 unspecified atom stereocenters. The smallest absolute Gasteiger partial charge is 0.362 e. The molecule has 0 aromatic heterocycles. The van der Waals surface area contributed by atoms with Gasteiger partial charge in [-0.25, -0.2) is 9.59 Å². The van der Waals surface area contributed by atoms with Crippen LogP contribution < -0.4 is 5.11 Å². The third-order valence-electron chi connectivity index (χ3n) is 5.03. The van der Waals surface area contributed by atoms with Crippen molar-refractivity contribution in [1.82, 2.24) is 0 Å². The average Bonchev–Trinajstić information content (AvgIpc) is 2.55. The SMILES string of the molecule is CCCC/C=C/CCC[N+](C(C)C(=O)[O-])(C(C)C(=O)O)C(C)C(=O)O. The van der Waals surface area contributed by atoms with E-state index in [0.717, 1.165) is 19.3 Å². The Labute approximate surface area is 149 Å². The summed E-state index contributed by atoms with van der Waals surface area (Å²) in [5, 5.41) is 30.4. The summed E-state index contributed by atoms with van der Waals surface area (Å²) in [6.07, 6.45) is 8.30. The standard InChI is InChI=1S/C18H31NO6/c1-5-6-7-8-9-10-11-12-19(13(2)16(20)21,14(3)17(22)23)15(4)18(24)25/h8-9,13-15H,5-7,10-12H2,1-4H3,(H2-,20,21,22,23,24,25)/b9-8+. The minimum Gasteiger partial charge on any atom is -0.544 e. The zero-order chi connectivity index (χ0) is 19.6. The maximum Gasteiger partial charge on any atom is 0.362 e. The molecule has 3 atom stereocenters. The maximum atomic E-state index is 11.6. The second kappa shape index (κ2) is 10.9. The van der Waals surface area contributed by atoms with Crippen molar-refractivity contribution in [3.63, 3.8) is 0 Å². The number of quaternary nitrogens is 1. The van der Waals surface area contributed by atoms with Gasteiger partial charge in [0.25, 0.3) is 0 Å². The number of carbonyl (C=O) groups excluding carboxylic acids is 1. The van der Waals surface area contributed by atoms with E-state index in [0.29, 0.717) is 12.8 Å².